The molecule has 1 aliphatic rings. The van der Waals surface area contributed by atoms with Gasteiger partial charge in [-0.2, -0.15) is 0 Å². The highest BCUT2D eigenvalue weighted by atomic mass is 16.5. The fourth-order valence-corrected chi connectivity index (χ4v) is 2.21. The Kier molecular flexibility index (Phi) is 5.49. The Hall–Kier alpha value is -0.0800. The number of hydrogen-bond donors (Lipinski definition) is 1. The molecule has 1 unspecified atom stereocenters. The van der Waals surface area contributed by atoms with Crippen LogP contribution in [0.25, 0.3) is 0 Å². The lowest BCUT2D eigenvalue weighted by Gasteiger charge is -2.27. The molecule has 84 valence electrons. The van der Waals surface area contributed by atoms with Crippen LogP contribution in [0.3, 0.4) is 0 Å². The van der Waals surface area contributed by atoms with Gasteiger partial charge in [0.1, 0.15) is 0 Å². The van der Waals surface area contributed by atoms with Crippen molar-refractivity contribution < 1.29 is 4.74 Å². The molecule has 0 amide bonds. The van der Waals surface area contributed by atoms with Gasteiger partial charge < -0.3 is 10.1 Å². The Bertz CT molecular complexity index is 141. The molecule has 2 nitrogen and oxygen atoms in total. The van der Waals surface area contributed by atoms with Gasteiger partial charge in [0.25, 0.3) is 0 Å². The van der Waals surface area contributed by atoms with Crippen LogP contribution < -0.4 is 5.32 Å². The summed E-state index contributed by atoms with van der Waals surface area (Å²) < 4.78 is 5.55. The predicted molar refractivity (Wildman–Crippen MR) is 60.6 cm³/mol. The monoisotopic (exact) mass is 199 g/mol. The number of rotatable bonds is 7. The van der Waals surface area contributed by atoms with Crippen LogP contribution in [0.2, 0.25) is 0 Å². The fraction of sp³-hybridized carbons (Fsp3) is 1.00. The molecule has 1 N–H and O–H groups in total. The number of ether oxygens (including phenoxy) is 1. The van der Waals surface area contributed by atoms with Crippen molar-refractivity contribution in [1.82, 2.24) is 5.32 Å². The highest BCUT2D eigenvalue weighted by Crippen LogP contribution is 2.33. The van der Waals surface area contributed by atoms with Crippen LogP contribution in [-0.2, 0) is 4.74 Å². The highest BCUT2D eigenvalue weighted by molar-refractivity contribution is 4.85. The van der Waals surface area contributed by atoms with Crippen LogP contribution >= 0.6 is 0 Å². The lowest BCUT2D eigenvalue weighted by atomic mass is 9.82. The maximum atomic E-state index is 5.55. The minimum absolute atomic E-state index is 0.463. The molecule has 1 rings (SSSR count). The summed E-state index contributed by atoms with van der Waals surface area (Å²) in [6.07, 6.45) is 6.65. The quantitative estimate of drug-likeness (QED) is 0.636. The molecule has 1 heterocycles. The van der Waals surface area contributed by atoms with E-state index in [0.29, 0.717) is 5.41 Å². The second-order valence-corrected chi connectivity index (χ2v) is 4.54. The summed E-state index contributed by atoms with van der Waals surface area (Å²) in [5.41, 5.74) is 0.463. The zero-order valence-electron chi connectivity index (χ0n) is 9.77. The van der Waals surface area contributed by atoms with E-state index in [0.717, 1.165) is 26.3 Å². The van der Waals surface area contributed by atoms with Crippen molar-refractivity contribution in [3.05, 3.63) is 0 Å². The van der Waals surface area contributed by atoms with Crippen LogP contribution in [-0.4, -0.2) is 26.3 Å². The maximum Gasteiger partial charge on any atom is 0.0535 e. The van der Waals surface area contributed by atoms with Gasteiger partial charge in [-0.15, -0.1) is 0 Å². The van der Waals surface area contributed by atoms with E-state index in [1.54, 1.807) is 0 Å². The Morgan fingerprint density at radius 1 is 1.29 bits per heavy atom. The van der Waals surface area contributed by atoms with Crippen molar-refractivity contribution in [2.24, 2.45) is 5.41 Å². The largest absolute Gasteiger partial charge is 0.381 e. The van der Waals surface area contributed by atoms with E-state index in [-0.39, 0.29) is 0 Å². The van der Waals surface area contributed by atoms with E-state index in [1.807, 2.05) is 0 Å². The van der Waals surface area contributed by atoms with Crippen LogP contribution in [0, 0.1) is 5.41 Å². The van der Waals surface area contributed by atoms with Crippen LogP contribution in [0.4, 0.5) is 0 Å². The van der Waals surface area contributed by atoms with E-state index in [4.69, 9.17) is 4.74 Å². The molecule has 0 spiro atoms. The van der Waals surface area contributed by atoms with Gasteiger partial charge in [0, 0.05) is 18.6 Å². The number of nitrogens with one attached hydrogen (secondary N) is 1. The topological polar surface area (TPSA) is 21.3 Å². The third-order valence-corrected chi connectivity index (χ3v) is 3.25. The normalized spacial score (nSPS) is 27.0. The van der Waals surface area contributed by atoms with Crippen LogP contribution in [0.5, 0.6) is 0 Å². The van der Waals surface area contributed by atoms with Gasteiger partial charge in [0.2, 0.25) is 0 Å². The summed E-state index contributed by atoms with van der Waals surface area (Å²) >= 11 is 0. The minimum atomic E-state index is 0.463. The highest BCUT2D eigenvalue weighted by Gasteiger charge is 2.33. The predicted octanol–water partition coefficient (Wildman–Crippen LogP) is 2.58. The first-order chi connectivity index (χ1) is 6.83. The second kappa shape index (κ2) is 6.41. The van der Waals surface area contributed by atoms with Crippen molar-refractivity contribution >= 4 is 0 Å². The second-order valence-electron chi connectivity index (χ2n) is 4.54. The van der Waals surface area contributed by atoms with Gasteiger partial charge in [-0.3, -0.25) is 0 Å². The summed E-state index contributed by atoms with van der Waals surface area (Å²) in [6.45, 7) is 8.61. The standard InChI is InChI=1S/C12H25NO/c1-3-5-6-7-12(10-13-4-2)8-9-14-11-12/h13H,3-11H2,1-2H3. The zero-order chi connectivity index (χ0) is 10.3. The summed E-state index contributed by atoms with van der Waals surface area (Å²) in [5, 5.41) is 3.48. The summed E-state index contributed by atoms with van der Waals surface area (Å²) in [4.78, 5) is 0. The van der Waals surface area contributed by atoms with Gasteiger partial charge in [-0.1, -0.05) is 33.1 Å². The third kappa shape index (κ3) is 3.58. The Labute approximate surface area is 88.4 Å². The van der Waals surface area contributed by atoms with E-state index in [1.165, 1.54) is 32.1 Å². The van der Waals surface area contributed by atoms with E-state index >= 15 is 0 Å². The lowest BCUT2D eigenvalue weighted by molar-refractivity contribution is 0.142. The molecule has 0 aromatic rings. The van der Waals surface area contributed by atoms with E-state index < -0.39 is 0 Å². The zero-order valence-corrected chi connectivity index (χ0v) is 9.77. The molecule has 0 bridgehead atoms. The molecule has 0 aromatic heterocycles. The van der Waals surface area contributed by atoms with Gasteiger partial charge in [0.15, 0.2) is 0 Å². The minimum Gasteiger partial charge on any atom is -0.381 e. The molecule has 14 heavy (non-hydrogen) atoms. The summed E-state index contributed by atoms with van der Waals surface area (Å²) in [7, 11) is 0. The molecule has 1 aliphatic heterocycles. The first-order valence-electron chi connectivity index (χ1n) is 6.11. The Morgan fingerprint density at radius 2 is 2.14 bits per heavy atom. The van der Waals surface area contributed by atoms with Crippen molar-refractivity contribution in [2.45, 2.75) is 46.0 Å². The third-order valence-electron chi connectivity index (χ3n) is 3.25. The van der Waals surface area contributed by atoms with E-state index in [2.05, 4.69) is 19.2 Å². The lowest BCUT2D eigenvalue weighted by Crippen LogP contribution is -2.34. The molecule has 1 atom stereocenters. The fourth-order valence-electron chi connectivity index (χ4n) is 2.21. The van der Waals surface area contributed by atoms with Gasteiger partial charge in [0.05, 0.1) is 6.61 Å². The Morgan fingerprint density at radius 3 is 2.71 bits per heavy atom. The van der Waals surface area contributed by atoms with Gasteiger partial charge in [-0.05, 0) is 19.4 Å². The molecule has 1 saturated heterocycles. The first-order valence-corrected chi connectivity index (χ1v) is 6.11. The maximum absolute atomic E-state index is 5.55. The smallest absolute Gasteiger partial charge is 0.0535 e. The number of hydrogen-bond acceptors (Lipinski definition) is 2. The SMILES string of the molecule is CCCCCC1(CNCC)CCOC1. The number of unbranched alkanes of at least 4 members (excludes halogenated alkanes) is 2. The van der Waals surface area contributed by atoms with Crippen LogP contribution in [0.1, 0.15) is 46.0 Å². The van der Waals surface area contributed by atoms with Crippen molar-refractivity contribution in [2.75, 3.05) is 26.3 Å². The van der Waals surface area contributed by atoms with Crippen molar-refractivity contribution in [3.8, 4) is 0 Å². The Balaban J connectivity index is 2.28. The molecular formula is C12H25NO. The summed E-state index contributed by atoms with van der Waals surface area (Å²) in [5.74, 6) is 0. The van der Waals surface area contributed by atoms with Crippen molar-refractivity contribution in [3.63, 3.8) is 0 Å². The molecule has 0 radical (unpaired) electrons. The summed E-state index contributed by atoms with van der Waals surface area (Å²) in [6, 6.07) is 0. The van der Waals surface area contributed by atoms with Crippen molar-refractivity contribution in [1.29, 1.82) is 0 Å². The molecule has 0 aliphatic carbocycles. The van der Waals surface area contributed by atoms with E-state index in [9.17, 15) is 0 Å². The molecular weight excluding hydrogens is 174 g/mol. The molecule has 0 saturated carbocycles. The van der Waals surface area contributed by atoms with Gasteiger partial charge in [-0.25, -0.2) is 0 Å². The van der Waals surface area contributed by atoms with Crippen LogP contribution in [0.15, 0.2) is 0 Å². The first kappa shape index (κ1) is 12.0. The average molecular weight is 199 g/mol. The molecule has 2 heteroatoms. The molecule has 0 aromatic carbocycles. The average Bonchev–Trinajstić information content (AvgIpc) is 2.65. The molecule has 1 fully saturated rings. The van der Waals surface area contributed by atoms with Gasteiger partial charge >= 0.3 is 0 Å².